The number of imide groups is 1. The van der Waals surface area contributed by atoms with Gasteiger partial charge in [-0.05, 0) is 0 Å². The highest BCUT2D eigenvalue weighted by Gasteiger charge is 2.88. The largest absolute Gasteiger partial charge is 0.350 e. The van der Waals surface area contributed by atoms with Crippen LogP contribution in [0.15, 0.2) is 10.1 Å². The minimum Gasteiger partial charge on any atom is -0.350 e. The van der Waals surface area contributed by atoms with Gasteiger partial charge >= 0.3 is 0 Å². The quantitative estimate of drug-likeness (QED) is 0.461. The van der Waals surface area contributed by atoms with E-state index in [4.69, 9.17) is 55.9 Å². The van der Waals surface area contributed by atoms with E-state index in [0.717, 1.165) is 0 Å². The number of carbonyl (C=O) groups excluding carboxylic acids is 2. The third-order valence-corrected chi connectivity index (χ3v) is 6.98. The Balaban J connectivity index is 2.37. The van der Waals surface area contributed by atoms with Gasteiger partial charge in [-0.2, -0.15) is 0 Å². The maximum atomic E-state index is 12.1. The summed E-state index contributed by atoms with van der Waals surface area (Å²) in [6, 6.07) is 0. The van der Waals surface area contributed by atoms with Crippen molar-refractivity contribution in [1.29, 1.82) is 0 Å². The van der Waals surface area contributed by atoms with Crippen LogP contribution in [0.4, 0.5) is 0 Å². The summed E-state index contributed by atoms with van der Waals surface area (Å²) in [5.74, 6) is -4.87. The standard InChI is InChI=1S/C11H9Cl4NO4/c1-19-11(20-2)9(14)3-4(8(18)16-7(3)17)10(11,15)6(13)5(9)12/h3-4H,1-2H3,(H,16,17,18)/t3-,4-,9-,10-/m0/s1. The number of ether oxygens (including phenoxy) is 2. The van der Waals surface area contributed by atoms with Crippen LogP contribution in [0.1, 0.15) is 0 Å². The number of methoxy groups -OCH3 is 2. The molecule has 1 aliphatic heterocycles. The van der Waals surface area contributed by atoms with Crippen LogP contribution in [0.5, 0.6) is 0 Å². The third kappa shape index (κ3) is 1.12. The molecule has 4 atom stereocenters. The highest BCUT2D eigenvalue weighted by atomic mass is 35.5. The zero-order chi connectivity index (χ0) is 15.1. The van der Waals surface area contributed by atoms with E-state index in [9.17, 15) is 9.59 Å². The fraction of sp³-hybridized carbons (Fsp3) is 0.636. The second-order valence-electron chi connectivity index (χ2n) is 4.89. The fourth-order valence-corrected chi connectivity index (χ4v) is 5.81. The summed E-state index contributed by atoms with van der Waals surface area (Å²) in [6.07, 6.45) is 0. The summed E-state index contributed by atoms with van der Waals surface area (Å²) in [7, 11) is 2.61. The number of rotatable bonds is 2. The summed E-state index contributed by atoms with van der Waals surface area (Å²) in [4.78, 5) is 20.8. The van der Waals surface area contributed by atoms with Crippen molar-refractivity contribution in [3.8, 4) is 0 Å². The molecule has 9 heteroatoms. The number of fused-ring (bicyclic) bond motifs is 5. The average molecular weight is 361 g/mol. The first-order valence-electron chi connectivity index (χ1n) is 5.63. The molecule has 0 aromatic rings. The predicted octanol–water partition coefficient (Wildman–Crippen LogP) is 1.54. The van der Waals surface area contributed by atoms with Gasteiger partial charge in [0.15, 0.2) is 0 Å². The number of hydrogen-bond acceptors (Lipinski definition) is 4. The molecule has 5 nitrogen and oxygen atoms in total. The lowest BCUT2D eigenvalue weighted by Gasteiger charge is -2.41. The Bertz CT molecular complexity index is 531. The van der Waals surface area contributed by atoms with Crippen LogP contribution >= 0.6 is 46.4 Å². The molecule has 0 unspecified atom stereocenters. The summed E-state index contributed by atoms with van der Waals surface area (Å²) in [5, 5.41) is 2.12. The average Bonchev–Trinajstić information content (AvgIpc) is 2.85. The second kappa shape index (κ2) is 4.03. The first kappa shape index (κ1) is 14.9. The van der Waals surface area contributed by atoms with Crippen molar-refractivity contribution in [2.75, 3.05) is 14.2 Å². The Morgan fingerprint density at radius 2 is 1.30 bits per heavy atom. The van der Waals surface area contributed by atoms with Gasteiger partial charge in [-0.3, -0.25) is 14.9 Å². The van der Waals surface area contributed by atoms with Crippen LogP contribution in [-0.4, -0.2) is 41.6 Å². The molecular weight excluding hydrogens is 352 g/mol. The normalized spacial score (nSPS) is 45.1. The van der Waals surface area contributed by atoms with Gasteiger partial charge in [0.05, 0.1) is 21.9 Å². The fourth-order valence-electron chi connectivity index (χ4n) is 3.63. The Morgan fingerprint density at radius 1 is 0.950 bits per heavy atom. The van der Waals surface area contributed by atoms with E-state index in [1.165, 1.54) is 14.2 Å². The molecule has 20 heavy (non-hydrogen) atoms. The first-order chi connectivity index (χ1) is 9.24. The number of carbonyl (C=O) groups is 2. The number of amides is 2. The lowest BCUT2D eigenvalue weighted by atomic mass is 9.84. The molecular formula is C11H9Cl4NO4. The SMILES string of the molecule is COC1(OC)[C@@]2(Cl)C(Cl)=C(Cl)[C@@]1(Cl)[C@@H]1C(=O)NC(=O)[C@H]12. The van der Waals surface area contributed by atoms with Crippen molar-refractivity contribution >= 4 is 58.2 Å². The van der Waals surface area contributed by atoms with Crippen molar-refractivity contribution in [3.63, 3.8) is 0 Å². The zero-order valence-electron chi connectivity index (χ0n) is 10.3. The monoisotopic (exact) mass is 359 g/mol. The maximum absolute atomic E-state index is 12.1. The summed E-state index contributed by atoms with van der Waals surface area (Å²) >= 11 is 25.6. The van der Waals surface area contributed by atoms with Crippen LogP contribution in [0.25, 0.3) is 0 Å². The van der Waals surface area contributed by atoms with Crippen molar-refractivity contribution in [1.82, 2.24) is 5.32 Å². The van der Waals surface area contributed by atoms with Crippen LogP contribution in [-0.2, 0) is 19.1 Å². The van der Waals surface area contributed by atoms with Crippen molar-refractivity contribution < 1.29 is 19.1 Å². The topological polar surface area (TPSA) is 64.6 Å². The van der Waals surface area contributed by atoms with Crippen molar-refractivity contribution in [3.05, 3.63) is 10.1 Å². The highest BCUT2D eigenvalue weighted by Crippen LogP contribution is 2.74. The number of hydrogen-bond donors (Lipinski definition) is 1. The van der Waals surface area contributed by atoms with Gasteiger partial charge in [-0.25, -0.2) is 0 Å². The van der Waals surface area contributed by atoms with E-state index in [-0.39, 0.29) is 10.1 Å². The van der Waals surface area contributed by atoms with Gasteiger partial charge in [-0.1, -0.05) is 23.2 Å². The molecule has 1 saturated carbocycles. The van der Waals surface area contributed by atoms with Crippen LogP contribution in [0.3, 0.4) is 0 Å². The Morgan fingerprint density at radius 3 is 1.60 bits per heavy atom. The van der Waals surface area contributed by atoms with Gasteiger partial charge in [0.1, 0.15) is 9.75 Å². The van der Waals surface area contributed by atoms with E-state index in [2.05, 4.69) is 5.32 Å². The summed E-state index contributed by atoms with van der Waals surface area (Å²) in [6.45, 7) is 0. The minimum absolute atomic E-state index is 0.0365. The molecule has 0 spiro atoms. The first-order valence-corrected chi connectivity index (χ1v) is 7.14. The molecule has 2 fully saturated rings. The minimum atomic E-state index is -1.71. The smallest absolute Gasteiger partial charge is 0.232 e. The zero-order valence-corrected chi connectivity index (χ0v) is 13.3. The molecule has 1 saturated heterocycles. The van der Waals surface area contributed by atoms with E-state index >= 15 is 0 Å². The van der Waals surface area contributed by atoms with Gasteiger partial charge in [0.2, 0.25) is 17.6 Å². The lowest BCUT2D eigenvalue weighted by molar-refractivity contribution is -0.221. The summed E-state index contributed by atoms with van der Waals surface area (Å²) in [5.41, 5.74) is 0. The van der Waals surface area contributed by atoms with E-state index in [1.807, 2.05) is 0 Å². The molecule has 0 aromatic heterocycles. The van der Waals surface area contributed by atoms with Gasteiger partial charge < -0.3 is 9.47 Å². The van der Waals surface area contributed by atoms with Crippen molar-refractivity contribution in [2.45, 2.75) is 15.5 Å². The lowest BCUT2D eigenvalue weighted by Crippen LogP contribution is -2.59. The van der Waals surface area contributed by atoms with Crippen LogP contribution in [0.2, 0.25) is 0 Å². The van der Waals surface area contributed by atoms with Gasteiger partial charge in [0, 0.05) is 14.2 Å². The molecule has 1 heterocycles. The van der Waals surface area contributed by atoms with E-state index in [1.54, 1.807) is 0 Å². The van der Waals surface area contributed by atoms with Crippen LogP contribution < -0.4 is 5.32 Å². The van der Waals surface area contributed by atoms with E-state index < -0.39 is 39.2 Å². The van der Waals surface area contributed by atoms with Gasteiger partial charge in [-0.15, -0.1) is 23.2 Å². The molecule has 3 rings (SSSR count). The Labute approximate surface area is 134 Å². The number of nitrogens with one attached hydrogen (secondary N) is 1. The number of halogens is 4. The predicted molar refractivity (Wildman–Crippen MR) is 72.8 cm³/mol. The molecule has 0 aromatic carbocycles. The second-order valence-corrected chi connectivity index (χ2v) is 6.83. The molecule has 110 valence electrons. The molecule has 0 radical (unpaired) electrons. The maximum Gasteiger partial charge on any atom is 0.232 e. The highest BCUT2D eigenvalue weighted by molar-refractivity contribution is 6.53. The molecule has 2 aliphatic carbocycles. The van der Waals surface area contributed by atoms with Gasteiger partial charge in [0.25, 0.3) is 0 Å². The molecule has 3 aliphatic rings. The Kier molecular flexibility index (Phi) is 3.00. The van der Waals surface area contributed by atoms with Crippen molar-refractivity contribution in [2.24, 2.45) is 11.8 Å². The molecule has 2 amide bonds. The summed E-state index contributed by atoms with van der Waals surface area (Å²) < 4.78 is 10.8. The molecule has 2 bridgehead atoms. The Hall–Kier alpha value is -0.0400. The number of alkyl halides is 2. The van der Waals surface area contributed by atoms with Crippen LogP contribution in [0, 0.1) is 11.8 Å². The molecule has 1 N–H and O–H groups in total. The van der Waals surface area contributed by atoms with E-state index in [0.29, 0.717) is 0 Å². The third-order valence-electron chi connectivity index (χ3n) is 4.37.